The molecular weight excluding hydrogens is 544 g/mol. The monoisotopic (exact) mass is 586 g/mol. The maximum absolute atomic E-state index is 13.0. The number of H-pyrrole nitrogens is 1. The minimum absolute atomic E-state index is 0.0588. The molecule has 0 saturated carbocycles. The molecule has 1 aromatic heterocycles. The van der Waals surface area contributed by atoms with Crippen LogP contribution in [0.1, 0.15) is 74.6 Å². The highest BCUT2D eigenvalue weighted by Gasteiger charge is 2.29. The van der Waals surface area contributed by atoms with Crippen LogP contribution >= 0.6 is 11.6 Å². The molecule has 4 rings (SSSR count). The molecule has 1 saturated heterocycles. The summed E-state index contributed by atoms with van der Waals surface area (Å²) in [6.07, 6.45) is 4.08. The summed E-state index contributed by atoms with van der Waals surface area (Å²) in [5, 5.41) is 1.13. The van der Waals surface area contributed by atoms with Crippen molar-refractivity contribution in [2.75, 3.05) is 44.7 Å². The highest BCUT2D eigenvalue weighted by atomic mass is 35.5. The number of rotatable bonds is 8. The van der Waals surface area contributed by atoms with Gasteiger partial charge in [-0.2, -0.15) is 5.48 Å². The second kappa shape index (κ2) is 17.3. The number of halogens is 1. The summed E-state index contributed by atoms with van der Waals surface area (Å²) in [7, 11) is 1.66. The smallest absolute Gasteiger partial charge is 0.345 e. The van der Waals surface area contributed by atoms with Crippen molar-refractivity contribution in [2.24, 2.45) is 0 Å². The topological polar surface area (TPSA) is 104 Å². The molecule has 0 spiro atoms. The predicted octanol–water partition coefficient (Wildman–Crippen LogP) is 6.06. The van der Waals surface area contributed by atoms with Gasteiger partial charge in [0.25, 0.3) is 11.5 Å². The van der Waals surface area contributed by atoms with Gasteiger partial charge >= 0.3 is 5.97 Å². The van der Waals surface area contributed by atoms with E-state index in [-0.39, 0.29) is 18.1 Å². The molecule has 3 aromatic rings. The maximum atomic E-state index is 13.0. The first kappa shape index (κ1) is 33.6. The molecule has 1 aliphatic heterocycles. The van der Waals surface area contributed by atoms with Crippen LogP contribution in [0.25, 0.3) is 10.9 Å². The number of unbranched alkanes of at least 4 members (excludes halogenated alkanes) is 2. The molecule has 0 radical (unpaired) electrons. The zero-order valence-corrected chi connectivity index (χ0v) is 25.8. The Morgan fingerprint density at radius 3 is 2.15 bits per heavy atom. The molecule has 0 atom stereocenters. The fourth-order valence-electron chi connectivity index (χ4n) is 4.42. The number of nitrogens with zero attached hydrogens (tertiary/aromatic N) is 2. The molecule has 0 unspecified atom stereocenters. The Kier molecular flexibility index (Phi) is 14.2. The normalized spacial score (nSPS) is 12.6. The van der Waals surface area contributed by atoms with Gasteiger partial charge < -0.3 is 24.4 Å². The fraction of sp³-hybridized carbons (Fsp3) is 0.452. The van der Waals surface area contributed by atoms with Crippen molar-refractivity contribution < 1.29 is 19.2 Å². The van der Waals surface area contributed by atoms with Gasteiger partial charge in [0.15, 0.2) is 0 Å². The van der Waals surface area contributed by atoms with E-state index in [0.29, 0.717) is 59.1 Å². The van der Waals surface area contributed by atoms with E-state index in [0.717, 1.165) is 0 Å². The summed E-state index contributed by atoms with van der Waals surface area (Å²) in [5.41, 5.74) is 3.60. The number of fused-ring (bicyclic) bond motifs is 1. The molecule has 224 valence electrons. The van der Waals surface area contributed by atoms with Crippen molar-refractivity contribution in [1.82, 2.24) is 15.4 Å². The van der Waals surface area contributed by atoms with Crippen LogP contribution in [-0.2, 0) is 4.74 Å². The lowest BCUT2D eigenvalue weighted by molar-refractivity contribution is 0.0524. The summed E-state index contributed by atoms with van der Waals surface area (Å²) in [4.78, 5) is 50.2. The fourth-order valence-corrected chi connectivity index (χ4v) is 4.59. The summed E-state index contributed by atoms with van der Waals surface area (Å²) in [6.45, 7) is 12.0. The van der Waals surface area contributed by atoms with E-state index in [1.54, 1.807) is 61.3 Å². The quantitative estimate of drug-likeness (QED) is 0.244. The summed E-state index contributed by atoms with van der Waals surface area (Å²) < 4.78 is 5.17. The van der Waals surface area contributed by atoms with Crippen LogP contribution in [0.3, 0.4) is 0 Å². The van der Waals surface area contributed by atoms with Crippen molar-refractivity contribution in [3.05, 3.63) is 69.0 Å². The van der Waals surface area contributed by atoms with E-state index in [1.165, 1.54) is 19.3 Å². The minimum Gasteiger partial charge on any atom is -0.462 e. The number of aromatic amines is 1. The molecule has 1 aliphatic rings. The number of anilines is 1. The standard InChI is InChI=1S/C24H25ClN4O5.C5H12.C2H6/c1-3-33-24(32)20-21(18-14-16(25)6-9-19(18)27-22(20)30)28-10-12-29(13-11-28)23(31)15-4-7-17(8-5-15)34-26-2;1-3-5-4-2;1-2/h4-9,14,26H,3,10-13H2,1-2H3,(H,27,30);3-5H2,1-2H3;1-2H3. The lowest BCUT2D eigenvalue weighted by Gasteiger charge is -2.37. The highest BCUT2D eigenvalue weighted by molar-refractivity contribution is 6.31. The number of piperazine rings is 1. The van der Waals surface area contributed by atoms with Crippen molar-refractivity contribution >= 4 is 40.1 Å². The first-order chi connectivity index (χ1) is 19.8. The molecule has 2 heterocycles. The van der Waals surface area contributed by atoms with Gasteiger partial charge in [-0.15, -0.1) is 0 Å². The number of nitrogens with one attached hydrogen (secondary N) is 2. The van der Waals surface area contributed by atoms with Crippen molar-refractivity contribution in [2.45, 2.75) is 53.9 Å². The van der Waals surface area contributed by atoms with E-state index in [4.69, 9.17) is 21.2 Å². The number of ether oxygens (including phenoxy) is 1. The Hall–Kier alpha value is -3.56. The molecule has 0 aliphatic carbocycles. The van der Waals surface area contributed by atoms with Crippen LogP contribution in [-0.4, -0.2) is 61.6 Å². The van der Waals surface area contributed by atoms with Crippen LogP contribution in [0.15, 0.2) is 47.3 Å². The van der Waals surface area contributed by atoms with Crippen LogP contribution in [0.2, 0.25) is 5.02 Å². The van der Waals surface area contributed by atoms with Crippen molar-refractivity contribution in [1.29, 1.82) is 0 Å². The molecule has 2 N–H and O–H groups in total. The average Bonchev–Trinajstić information content (AvgIpc) is 2.99. The van der Waals surface area contributed by atoms with Crippen LogP contribution in [0.5, 0.6) is 5.75 Å². The van der Waals surface area contributed by atoms with Gasteiger partial charge in [0, 0.05) is 49.2 Å². The van der Waals surface area contributed by atoms with E-state index in [1.807, 2.05) is 18.7 Å². The van der Waals surface area contributed by atoms with Crippen LogP contribution in [0.4, 0.5) is 5.69 Å². The third-order valence-electron chi connectivity index (χ3n) is 6.34. The second-order valence-corrected chi connectivity index (χ2v) is 9.49. The summed E-state index contributed by atoms with van der Waals surface area (Å²) in [5.74, 6) is -0.182. The van der Waals surface area contributed by atoms with E-state index in [2.05, 4.69) is 24.3 Å². The van der Waals surface area contributed by atoms with Gasteiger partial charge in [-0.25, -0.2) is 4.79 Å². The number of hydrogen-bond acceptors (Lipinski definition) is 7. The van der Waals surface area contributed by atoms with E-state index >= 15 is 0 Å². The molecule has 0 bridgehead atoms. The maximum Gasteiger partial charge on any atom is 0.345 e. The van der Waals surface area contributed by atoms with E-state index in [9.17, 15) is 14.4 Å². The van der Waals surface area contributed by atoms with Crippen LogP contribution in [0, 0.1) is 0 Å². The molecule has 10 heteroatoms. The van der Waals surface area contributed by atoms with Gasteiger partial charge in [-0.05, 0) is 49.4 Å². The highest BCUT2D eigenvalue weighted by Crippen LogP contribution is 2.31. The van der Waals surface area contributed by atoms with Gasteiger partial charge in [0.05, 0.1) is 17.8 Å². The zero-order valence-electron chi connectivity index (χ0n) is 25.0. The predicted molar refractivity (Wildman–Crippen MR) is 166 cm³/mol. The number of esters is 1. The molecule has 9 nitrogen and oxygen atoms in total. The Bertz CT molecular complexity index is 1320. The molecule has 1 fully saturated rings. The Morgan fingerprint density at radius 1 is 0.976 bits per heavy atom. The lowest BCUT2D eigenvalue weighted by Crippen LogP contribution is -2.49. The minimum atomic E-state index is -0.692. The SMILES string of the molecule is CC.CCCCC.CCOC(=O)c1c(N2CCN(C(=O)c3ccc(ONC)cc3)CC2)c2cc(Cl)ccc2[nH]c1=O. The zero-order chi connectivity index (χ0) is 30.4. The summed E-state index contributed by atoms with van der Waals surface area (Å²) in [6, 6.07) is 12.0. The number of aromatic nitrogens is 1. The van der Waals surface area contributed by atoms with Gasteiger partial charge in [0.1, 0.15) is 11.3 Å². The molecule has 41 heavy (non-hydrogen) atoms. The number of pyridine rings is 1. The number of carbonyl (C=O) groups excluding carboxylic acids is 2. The first-order valence-electron chi connectivity index (χ1n) is 14.3. The number of benzene rings is 2. The van der Waals surface area contributed by atoms with Crippen molar-refractivity contribution in [3.8, 4) is 5.75 Å². The number of amides is 1. The molecular formula is C31H43ClN4O5. The Labute approximate surface area is 247 Å². The Balaban J connectivity index is 0.000000759. The average molecular weight is 587 g/mol. The van der Waals surface area contributed by atoms with E-state index < -0.39 is 11.5 Å². The lowest BCUT2D eigenvalue weighted by atomic mass is 10.1. The number of carbonyl (C=O) groups is 2. The van der Waals surface area contributed by atoms with Crippen molar-refractivity contribution in [3.63, 3.8) is 0 Å². The van der Waals surface area contributed by atoms with Crippen LogP contribution < -0.4 is 20.8 Å². The summed E-state index contributed by atoms with van der Waals surface area (Å²) >= 11 is 6.23. The number of hydroxylamine groups is 1. The van der Waals surface area contributed by atoms with Gasteiger partial charge in [0.2, 0.25) is 0 Å². The molecule has 2 aromatic carbocycles. The van der Waals surface area contributed by atoms with Gasteiger partial charge in [-0.3, -0.25) is 9.59 Å². The Morgan fingerprint density at radius 2 is 1.61 bits per heavy atom. The number of hydrogen-bond donors (Lipinski definition) is 2. The third-order valence-corrected chi connectivity index (χ3v) is 6.57. The third kappa shape index (κ3) is 8.96. The van der Waals surface area contributed by atoms with Gasteiger partial charge in [-0.1, -0.05) is 58.6 Å². The first-order valence-corrected chi connectivity index (χ1v) is 14.7. The second-order valence-electron chi connectivity index (χ2n) is 9.05. The molecule has 1 amide bonds. The largest absolute Gasteiger partial charge is 0.462 e.